The van der Waals surface area contributed by atoms with Gasteiger partial charge in [-0.3, -0.25) is 9.59 Å². The van der Waals surface area contributed by atoms with E-state index in [0.717, 1.165) is 31.5 Å². The molecule has 2 aliphatic heterocycles. The average Bonchev–Trinajstić information content (AvgIpc) is 3.20. The van der Waals surface area contributed by atoms with Crippen molar-refractivity contribution in [2.45, 2.75) is 19.3 Å². The summed E-state index contributed by atoms with van der Waals surface area (Å²) in [4.78, 5) is 28.4. The van der Waals surface area contributed by atoms with Crippen LogP contribution in [0.25, 0.3) is 0 Å². The predicted octanol–water partition coefficient (Wildman–Crippen LogP) is 1.50. The summed E-state index contributed by atoms with van der Waals surface area (Å²) in [6.45, 7) is 2.40. The second-order valence-electron chi connectivity index (χ2n) is 6.64. The predicted molar refractivity (Wildman–Crippen MR) is 95.6 cm³/mol. The van der Waals surface area contributed by atoms with Crippen LogP contribution in [0, 0.1) is 0 Å². The van der Waals surface area contributed by atoms with Crippen molar-refractivity contribution in [1.29, 1.82) is 0 Å². The van der Waals surface area contributed by atoms with Crippen LogP contribution in [0.15, 0.2) is 30.1 Å². The molecule has 0 radical (unpaired) electrons. The maximum absolute atomic E-state index is 12.7. The molecule has 2 amide bonds. The largest absolute Gasteiger partial charge is 0.489 e. The van der Waals surface area contributed by atoms with Crippen molar-refractivity contribution < 1.29 is 18.7 Å². The molecular formula is C19H24FN3O3. The summed E-state index contributed by atoms with van der Waals surface area (Å²) < 4.78 is 18.1. The molecule has 2 aliphatic rings. The normalized spacial score (nSPS) is 17.5. The van der Waals surface area contributed by atoms with Gasteiger partial charge in [-0.25, -0.2) is 4.39 Å². The van der Waals surface area contributed by atoms with Crippen molar-refractivity contribution >= 4 is 11.8 Å². The Kier molecular flexibility index (Phi) is 5.88. The Morgan fingerprint density at radius 2 is 2.04 bits per heavy atom. The molecule has 3 rings (SSSR count). The van der Waals surface area contributed by atoms with Crippen molar-refractivity contribution in [1.82, 2.24) is 9.80 Å². The lowest BCUT2D eigenvalue weighted by molar-refractivity contribution is -0.130. The molecule has 0 aromatic heterocycles. The van der Waals surface area contributed by atoms with E-state index in [1.165, 1.54) is 0 Å². The van der Waals surface area contributed by atoms with Crippen molar-refractivity contribution in [2.24, 2.45) is 5.73 Å². The Labute approximate surface area is 152 Å². The Hall–Kier alpha value is -2.41. The molecule has 0 unspecified atom stereocenters. The van der Waals surface area contributed by atoms with Gasteiger partial charge in [-0.05, 0) is 43.0 Å². The van der Waals surface area contributed by atoms with E-state index in [9.17, 15) is 14.0 Å². The molecule has 1 aromatic carbocycles. The third-order valence-electron chi connectivity index (χ3n) is 4.87. The van der Waals surface area contributed by atoms with Crippen molar-refractivity contribution in [2.75, 3.05) is 39.3 Å². The Balaban J connectivity index is 1.64. The zero-order valence-electron chi connectivity index (χ0n) is 14.7. The number of carbonyl (C=O) groups excluding carboxylic acids is 2. The van der Waals surface area contributed by atoms with E-state index >= 15 is 0 Å². The number of likely N-dealkylation sites (tertiary alicyclic amines) is 1. The number of nitrogens with zero attached hydrogens (tertiary/aromatic N) is 2. The smallest absolute Gasteiger partial charge is 0.254 e. The highest BCUT2D eigenvalue weighted by atomic mass is 19.1. The van der Waals surface area contributed by atoms with Gasteiger partial charge < -0.3 is 20.3 Å². The molecule has 0 atom stereocenters. The third-order valence-corrected chi connectivity index (χ3v) is 4.87. The van der Waals surface area contributed by atoms with Gasteiger partial charge in [0.1, 0.15) is 18.9 Å². The molecule has 140 valence electrons. The highest BCUT2D eigenvalue weighted by Gasteiger charge is 2.28. The number of ether oxygens (including phenoxy) is 1. The molecule has 7 heteroatoms. The van der Waals surface area contributed by atoms with Gasteiger partial charge in [0.05, 0.1) is 6.33 Å². The Morgan fingerprint density at radius 1 is 1.27 bits per heavy atom. The zero-order valence-corrected chi connectivity index (χ0v) is 14.7. The van der Waals surface area contributed by atoms with Crippen molar-refractivity contribution in [3.8, 4) is 5.75 Å². The number of benzene rings is 1. The maximum Gasteiger partial charge on any atom is 0.254 e. The quantitative estimate of drug-likeness (QED) is 0.833. The number of fused-ring (bicyclic) bond motifs is 1. The number of amides is 2. The first-order valence-corrected chi connectivity index (χ1v) is 8.93. The molecule has 0 spiro atoms. The third kappa shape index (κ3) is 4.04. The number of halogens is 1. The van der Waals surface area contributed by atoms with Crippen LogP contribution >= 0.6 is 0 Å². The van der Waals surface area contributed by atoms with Crippen molar-refractivity contribution in [3.05, 3.63) is 41.2 Å². The summed E-state index contributed by atoms with van der Waals surface area (Å²) in [5.41, 5.74) is 7.25. The summed E-state index contributed by atoms with van der Waals surface area (Å²) in [6, 6.07) is 5.20. The first-order chi connectivity index (χ1) is 12.6. The fraction of sp³-hybridized carbons (Fsp3) is 0.474. The van der Waals surface area contributed by atoms with Gasteiger partial charge in [-0.15, -0.1) is 0 Å². The lowest BCUT2D eigenvalue weighted by atomic mass is 9.98. The van der Waals surface area contributed by atoms with Crippen LogP contribution in [-0.2, 0) is 11.2 Å². The Morgan fingerprint density at radius 3 is 2.73 bits per heavy atom. The van der Waals surface area contributed by atoms with Gasteiger partial charge in [-0.1, -0.05) is 0 Å². The molecule has 6 nitrogen and oxygen atoms in total. The molecule has 1 saturated heterocycles. The average molecular weight is 361 g/mol. The minimum Gasteiger partial charge on any atom is -0.489 e. The molecule has 2 N–H and O–H groups in total. The van der Waals surface area contributed by atoms with Gasteiger partial charge >= 0.3 is 0 Å². The fourth-order valence-corrected chi connectivity index (χ4v) is 3.29. The number of rotatable bonds is 6. The second kappa shape index (κ2) is 8.31. The Bertz CT molecular complexity index is 714. The fourth-order valence-electron chi connectivity index (χ4n) is 3.29. The molecule has 0 aliphatic carbocycles. The number of nitrogens with two attached hydrogens (primary N) is 1. The van der Waals surface area contributed by atoms with E-state index in [0.29, 0.717) is 36.2 Å². The SMILES string of the molecule is NC/C(=C\F)COc1ccc2c(c1)CCN(CC(=O)N1CCCC1)C2=O. The molecule has 26 heavy (non-hydrogen) atoms. The van der Waals surface area contributed by atoms with Crippen molar-refractivity contribution in [3.63, 3.8) is 0 Å². The van der Waals surface area contributed by atoms with Crippen LogP contribution in [0.5, 0.6) is 5.75 Å². The van der Waals surface area contributed by atoms with E-state index in [4.69, 9.17) is 10.5 Å². The summed E-state index contributed by atoms with van der Waals surface area (Å²) in [7, 11) is 0. The van der Waals surface area contributed by atoms with E-state index in [1.54, 1.807) is 23.1 Å². The number of hydrogen-bond acceptors (Lipinski definition) is 4. The van der Waals surface area contributed by atoms with Crippen LogP contribution < -0.4 is 10.5 Å². The number of hydrogen-bond donors (Lipinski definition) is 1. The van der Waals surface area contributed by atoms with E-state index in [-0.39, 0.29) is 31.5 Å². The molecular weight excluding hydrogens is 337 g/mol. The minimum absolute atomic E-state index is 0.0200. The zero-order chi connectivity index (χ0) is 18.5. The lowest BCUT2D eigenvalue weighted by Gasteiger charge is -2.29. The highest BCUT2D eigenvalue weighted by Crippen LogP contribution is 2.24. The molecule has 0 saturated carbocycles. The molecule has 0 bridgehead atoms. The second-order valence-corrected chi connectivity index (χ2v) is 6.64. The standard InChI is InChI=1S/C19H24FN3O3/c20-10-14(11-21)13-26-16-3-4-17-15(9-16)5-8-23(19(17)25)12-18(24)22-6-1-2-7-22/h3-4,9-10H,1-2,5-8,11-13,21H2/b14-10+. The molecule has 2 heterocycles. The van der Waals surface area contributed by atoms with Crippen LogP contribution in [0.2, 0.25) is 0 Å². The maximum atomic E-state index is 12.7. The van der Waals surface area contributed by atoms with Gasteiger partial charge in [0.15, 0.2) is 0 Å². The van der Waals surface area contributed by atoms with Crippen LogP contribution in [0.4, 0.5) is 4.39 Å². The van der Waals surface area contributed by atoms with Crippen LogP contribution in [-0.4, -0.2) is 60.9 Å². The van der Waals surface area contributed by atoms with E-state index in [1.807, 2.05) is 4.90 Å². The summed E-state index contributed by atoms with van der Waals surface area (Å²) >= 11 is 0. The lowest BCUT2D eigenvalue weighted by Crippen LogP contribution is -2.45. The molecule has 1 aromatic rings. The first-order valence-electron chi connectivity index (χ1n) is 8.93. The summed E-state index contributed by atoms with van der Waals surface area (Å²) in [6.07, 6.45) is 3.19. The summed E-state index contributed by atoms with van der Waals surface area (Å²) in [5, 5.41) is 0. The first kappa shape index (κ1) is 18.4. The van der Waals surface area contributed by atoms with Gasteiger partial charge in [0, 0.05) is 37.3 Å². The molecule has 1 fully saturated rings. The topological polar surface area (TPSA) is 75.9 Å². The van der Waals surface area contributed by atoms with Crippen LogP contribution in [0.1, 0.15) is 28.8 Å². The highest BCUT2D eigenvalue weighted by molar-refractivity contribution is 5.98. The monoisotopic (exact) mass is 361 g/mol. The van der Waals surface area contributed by atoms with E-state index < -0.39 is 0 Å². The van der Waals surface area contributed by atoms with Gasteiger partial charge in [-0.2, -0.15) is 0 Å². The number of carbonyl (C=O) groups is 2. The van der Waals surface area contributed by atoms with E-state index in [2.05, 4.69) is 0 Å². The van der Waals surface area contributed by atoms with Crippen LogP contribution in [0.3, 0.4) is 0 Å². The minimum atomic E-state index is -0.128. The summed E-state index contributed by atoms with van der Waals surface area (Å²) in [5.74, 6) is 0.467. The van der Waals surface area contributed by atoms with Gasteiger partial charge in [0.2, 0.25) is 5.91 Å². The van der Waals surface area contributed by atoms with Gasteiger partial charge in [0.25, 0.3) is 5.91 Å².